The quantitative estimate of drug-likeness (QED) is 0.149. The minimum absolute atomic E-state index is 0.0703. The summed E-state index contributed by atoms with van der Waals surface area (Å²) in [5.74, 6) is -4.91. The Morgan fingerprint density at radius 3 is 1.00 bits per heavy atom. The molecule has 26 heavy (non-hydrogen) atoms. The highest BCUT2D eigenvalue weighted by atomic mass is 16.7. The summed E-state index contributed by atoms with van der Waals surface area (Å²) in [7, 11) is 1.21. The number of rotatable bonds is 12. The highest BCUT2D eigenvalue weighted by molar-refractivity contribution is 5.73. The lowest BCUT2D eigenvalue weighted by Crippen LogP contribution is -2.43. The largest absolute Gasteiger partial charge is 0.480 e. The summed E-state index contributed by atoms with van der Waals surface area (Å²) >= 11 is 0. The minimum atomic E-state index is -2.71. The third-order valence-corrected chi connectivity index (χ3v) is 2.50. The SMILES string of the molecule is CNC(O)(O)O.O=C(O)CN(CCN(CC(=O)O)CC(=O)O)CC(=O)O. The van der Waals surface area contributed by atoms with E-state index in [-0.39, 0.29) is 13.1 Å². The van der Waals surface area contributed by atoms with Crippen LogP contribution in [0.5, 0.6) is 0 Å². The number of nitrogens with zero attached hydrogens (tertiary/aromatic N) is 2. The molecule has 0 radical (unpaired) electrons. The van der Waals surface area contributed by atoms with Gasteiger partial charge in [-0.15, -0.1) is 0 Å². The summed E-state index contributed by atoms with van der Waals surface area (Å²) in [5, 5.41) is 59.7. The van der Waals surface area contributed by atoms with Crippen molar-refractivity contribution in [2.75, 3.05) is 46.3 Å². The molecule has 0 atom stereocenters. The van der Waals surface area contributed by atoms with Crippen LogP contribution in [0.1, 0.15) is 0 Å². The van der Waals surface area contributed by atoms with Crippen molar-refractivity contribution in [1.29, 1.82) is 0 Å². The lowest BCUT2D eigenvalue weighted by molar-refractivity contribution is -0.328. The van der Waals surface area contributed by atoms with E-state index in [1.165, 1.54) is 7.05 Å². The average Bonchev–Trinajstić information content (AvgIpc) is 2.42. The van der Waals surface area contributed by atoms with Gasteiger partial charge in [-0.1, -0.05) is 0 Å². The smallest absolute Gasteiger partial charge is 0.342 e. The molecule has 0 fully saturated rings. The molecule has 8 N–H and O–H groups in total. The Morgan fingerprint density at radius 2 is 0.885 bits per heavy atom. The summed E-state index contributed by atoms with van der Waals surface area (Å²) in [6, 6.07) is 0. The first-order valence-electron chi connectivity index (χ1n) is 6.94. The molecule has 0 saturated heterocycles. The highest BCUT2D eigenvalue weighted by Gasteiger charge is 2.18. The molecule has 0 bridgehead atoms. The first-order chi connectivity index (χ1) is 11.8. The second-order valence-electron chi connectivity index (χ2n) is 4.88. The standard InChI is InChI=1S/C10H16N2O8.C2H7NO3/c13-7(14)3-11(4-8(15)16)1-2-12(5-9(17)18)6-10(19)20;1-3-2(4,5)6/h1-6H2,(H,13,14)(H,15,16)(H,17,18)(H,19,20);3-6H,1H3. The fraction of sp³-hybridized carbons (Fsp3) is 0.667. The molecular weight excluding hydrogens is 362 g/mol. The molecule has 0 aliphatic heterocycles. The molecule has 0 spiro atoms. The number of aliphatic hydroxyl groups is 3. The molecule has 0 heterocycles. The van der Waals surface area contributed by atoms with Crippen LogP contribution >= 0.6 is 0 Å². The van der Waals surface area contributed by atoms with E-state index in [1.54, 1.807) is 5.32 Å². The maximum absolute atomic E-state index is 10.6. The van der Waals surface area contributed by atoms with E-state index in [2.05, 4.69) is 0 Å². The number of hydrogen-bond donors (Lipinski definition) is 8. The van der Waals surface area contributed by atoms with Crippen molar-refractivity contribution >= 4 is 23.9 Å². The Labute approximate surface area is 147 Å². The van der Waals surface area contributed by atoms with Crippen LogP contribution in [-0.2, 0) is 19.2 Å². The van der Waals surface area contributed by atoms with Crippen LogP contribution < -0.4 is 5.32 Å². The van der Waals surface area contributed by atoms with Crippen LogP contribution in [0.15, 0.2) is 0 Å². The normalized spacial score (nSPS) is 11.0. The number of carboxylic acid groups (broad SMARTS) is 4. The van der Waals surface area contributed by atoms with Crippen molar-refractivity contribution < 1.29 is 54.9 Å². The van der Waals surface area contributed by atoms with Gasteiger partial charge >= 0.3 is 30.0 Å². The molecule has 0 unspecified atom stereocenters. The van der Waals surface area contributed by atoms with E-state index in [4.69, 9.17) is 35.7 Å². The van der Waals surface area contributed by atoms with Gasteiger partial charge in [-0.2, -0.15) is 0 Å². The second-order valence-corrected chi connectivity index (χ2v) is 4.88. The van der Waals surface area contributed by atoms with E-state index in [0.29, 0.717) is 0 Å². The van der Waals surface area contributed by atoms with Crippen molar-refractivity contribution in [2.45, 2.75) is 6.10 Å². The fourth-order valence-electron chi connectivity index (χ4n) is 1.48. The molecule has 152 valence electrons. The Hall–Kier alpha value is -2.36. The third-order valence-electron chi connectivity index (χ3n) is 2.50. The van der Waals surface area contributed by atoms with E-state index in [9.17, 15) is 19.2 Å². The first-order valence-corrected chi connectivity index (χ1v) is 6.94. The van der Waals surface area contributed by atoms with Crippen LogP contribution in [0.4, 0.5) is 0 Å². The van der Waals surface area contributed by atoms with Gasteiger partial charge in [0.05, 0.1) is 26.2 Å². The van der Waals surface area contributed by atoms with Crippen molar-refractivity contribution in [2.24, 2.45) is 0 Å². The Kier molecular flexibility index (Phi) is 12.9. The van der Waals surface area contributed by atoms with Crippen molar-refractivity contribution in [1.82, 2.24) is 15.1 Å². The van der Waals surface area contributed by atoms with Gasteiger partial charge in [-0.05, 0) is 7.05 Å². The van der Waals surface area contributed by atoms with Gasteiger partial charge in [0.1, 0.15) is 0 Å². The summed E-state index contributed by atoms with van der Waals surface area (Å²) in [5.41, 5.74) is 0. The van der Waals surface area contributed by atoms with Crippen molar-refractivity contribution in [3.8, 4) is 0 Å². The van der Waals surface area contributed by atoms with Gasteiger partial charge in [-0.25, -0.2) is 5.32 Å². The van der Waals surface area contributed by atoms with E-state index in [0.717, 1.165) is 9.80 Å². The molecule has 0 saturated carbocycles. The molecule has 0 aromatic heterocycles. The molecule has 0 aliphatic rings. The number of aliphatic carboxylic acids is 4. The van der Waals surface area contributed by atoms with E-state index in [1.807, 2.05) is 0 Å². The van der Waals surface area contributed by atoms with Gasteiger partial charge in [0.2, 0.25) is 0 Å². The summed E-state index contributed by atoms with van der Waals surface area (Å²) in [6.45, 7) is -2.25. The maximum Gasteiger partial charge on any atom is 0.342 e. The lowest BCUT2D eigenvalue weighted by Gasteiger charge is -2.23. The van der Waals surface area contributed by atoms with Crippen molar-refractivity contribution in [3.63, 3.8) is 0 Å². The maximum atomic E-state index is 10.6. The molecular formula is C12H23N3O11. The van der Waals surface area contributed by atoms with Gasteiger partial charge in [0.25, 0.3) is 0 Å². The van der Waals surface area contributed by atoms with Crippen LogP contribution in [-0.4, -0.2) is 122 Å². The van der Waals surface area contributed by atoms with Gasteiger partial charge in [0.15, 0.2) is 0 Å². The van der Waals surface area contributed by atoms with Crippen LogP contribution in [0.25, 0.3) is 0 Å². The monoisotopic (exact) mass is 385 g/mol. The third kappa shape index (κ3) is 19.7. The number of carbonyl (C=O) groups is 4. The van der Waals surface area contributed by atoms with E-state index < -0.39 is 56.2 Å². The van der Waals surface area contributed by atoms with Crippen LogP contribution in [0, 0.1) is 0 Å². The highest BCUT2D eigenvalue weighted by Crippen LogP contribution is 1.94. The average molecular weight is 385 g/mol. The fourth-order valence-corrected chi connectivity index (χ4v) is 1.48. The first kappa shape index (κ1) is 25.9. The molecule has 0 aromatic rings. The zero-order valence-corrected chi connectivity index (χ0v) is 13.9. The second kappa shape index (κ2) is 12.9. The van der Waals surface area contributed by atoms with Crippen molar-refractivity contribution in [3.05, 3.63) is 0 Å². The number of carboxylic acids is 4. The Bertz CT molecular complexity index is 410. The van der Waals surface area contributed by atoms with Crippen LogP contribution in [0.2, 0.25) is 0 Å². The number of hydrogen-bond acceptors (Lipinski definition) is 10. The van der Waals surface area contributed by atoms with Gasteiger partial charge in [-0.3, -0.25) is 29.0 Å². The Morgan fingerprint density at radius 1 is 0.692 bits per heavy atom. The van der Waals surface area contributed by atoms with Crippen LogP contribution in [0.3, 0.4) is 0 Å². The molecule has 0 aliphatic carbocycles. The lowest BCUT2D eigenvalue weighted by atomic mass is 10.4. The molecule has 0 amide bonds. The van der Waals surface area contributed by atoms with Gasteiger partial charge in [0, 0.05) is 13.1 Å². The predicted octanol–water partition coefficient (Wildman–Crippen LogP) is -4.28. The Balaban J connectivity index is 0. The summed E-state index contributed by atoms with van der Waals surface area (Å²) in [6.07, 6.45) is -2.71. The molecule has 14 heteroatoms. The topological polar surface area (TPSA) is 228 Å². The zero-order valence-electron chi connectivity index (χ0n) is 13.9. The summed E-state index contributed by atoms with van der Waals surface area (Å²) in [4.78, 5) is 44.4. The zero-order chi connectivity index (χ0) is 20.9. The minimum Gasteiger partial charge on any atom is -0.480 e. The van der Waals surface area contributed by atoms with Gasteiger partial charge < -0.3 is 35.7 Å². The summed E-state index contributed by atoms with van der Waals surface area (Å²) < 4.78 is 0. The molecule has 0 rings (SSSR count). The number of nitrogens with one attached hydrogen (secondary N) is 1. The molecule has 14 nitrogen and oxygen atoms in total. The van der Waals surface area contributed by atoms with E-state index >= 15 is 0 Å². The molecule has 0 aromatic carbocycles. The predicted molar refractivity (Wildman–Crippen MR) is 81.9 cm³/mol.